The van der Waals surface area contributed by atoms with Crippen LogP contribution in [0.2, 0.25) is 0 Å². The Bertz CT molecular complexity index is 1070. The van der Waals surface area contributed by atoms with Crippen molar-refractivity contribution in [2.24, 2.45) is 0 Å². The quantitative estimate of drug-likeness (QED) is 0.0155. The van der Waals surface area contributed by atoms with Gasteiger partial charge in [0.05, 0.1) is 34.0 Å². The number of allylic oxidation sites excluding steroid dienone is 11. The third-order valence-corrected chi connectivity index (χ3v) is 9.30. The first-order valence-corrected chi connectivity index (χ1v) is 22.2. The number of likely N-dealkylation sites (N-methyl/N-ethyl adjacent to an activating group) is 1. The first kappa shape index (κ1) is 50.8. The molecule has 8 nitrogen and oxygen atoms in total. The van der Waals surface area contributed by atoms with Crippen LogP contribution in [0.5, 0.6) is 0 Å². The summed E-state index contributed by atoms with van der Waals surface area (Å²) in [5.74, 6) is -0.415. The third-order valence-electron chi connectivity index (χ3n) is 8.34. The summed E-state index contributed by atoms with van der Waals surface area (Å²) in [7, 11) is 1.28. The van der Waals surface area contributed by atoms with Gasteiger partial charge in [0.15, 0.2) is 6.10 Å². The highest BCUT2D eigenvalue weighted by atomic mass is 31.2. The van der Waals surface area contributed by atoms with Crippen molar-refractivity contribution in [2.45, 2.75) is 155 Å². The zero-order valence-electron chi connectivity index (χ0n) is 34.4. The topological polar surface area (TPSA) is 94.1 Å². The van der Waals surface area contributed by atoms with Crippen molar-refractivity contribution in [3.8, 4) is 0 Å². The summed E-state index contributed by atoms with van der Waals surface area (Å²) >= 11 is 0. The maximum atomic E-state index is 12.6. The SMILES string of the molecule is CC/C=C\C/C=C\C/C=C\C/C=C\C/C=C\CCCC(=O)O[C@H](CO/C=C\CCCCCCCCCCCCCC)COP(=O)([O-])OCC[N+](C)(C)C. The second kappa shape index (κ2) is 36.7. The number of carbonyl (C=O) groups is 1. The minimum absolute atomic E-state index is 0.00287. The van der Waals surface area contributed by atoms with Crippen LogP contribution in [0.1, 0.15) is 149 Å². The maximum Gasteiger partial charge on any atom is 0.306 e. The second-order valence-corrected chi connectivity index (χ2v) is 16.1. The number of quaternary nitrogens is 1. The predicted molar refractivity (Wildman–Crippen MR) is 221 cm³/mol. The van der Waals surface area contributed by atoms with Gasteiger partial charge >= 0.3 is 5.97 Å². The number of hydrogen-bond acceptors (Lipinski definition) is 7. The van der Waals surface area contributed by atoms with Crippen LogP contribution in [0.15, 0.2) is 73.1 Å². The zero-order valence-corrected chi connectivity index (χ0v) is 35.3. The van der Waals surface area contributed by atoms with E-state index in [1.807, 2.05) is 27.2 Å². The zero-order chi connectivity index (χ0) is 39.1. The molecule has 0 aliphatic rings. The van der Waals surface area contributed by atoms with Crippen molar-refractivity contribution in [1.82, 2.24) is 0 Å². The lowest BCUT2D eigenvalue weighted by molar-refractivity contribution is -0.870. The van der Waals surface area contributed by atoms with Gasteiger partial charge in [-0.25, -0.2) is 0 Å². The molecule has 0 N–H and O–H groups in total. The van der Waals surface area contributed by atoms with Gasteiger partial charge in [0, 0.05) is 6.42 Å². The van der Waals surface area contributed by atoms with Crippen molar-refractivity contribution in [3.05, 3.63) is 73.1 Å². The standard InChI is InChI=1S/C44H78NO7P/c1-6-8-10-12-14-16-18-20-22-23-24-25-27-29-31-33-35-37-44(46)52-43(42-51-53(47,48)50-40-38-45(3,4)5)41-49-39-36-34-32-30-28-26-21-19-17-15-13-11-9-7-2/h8,10,14,16,20,22,24-25,29,31,36,39,43H,6-7,9,11-13,15,17-19,21,23,26-28,30,32-35,37-38,40-42H2,1-5H3/b10-8-,16-14-,22-20-,25-24-,31-29-,39-36-/t43-/m1/s1. The van der Waals surface area contributed by atoms with Crippen molar-refractivity contribution in [3.63, 3.8) is 0 Å². The number of ether oxygens (including phenoxy) is 2. The van der Waals surface area contributed by atoms with Crippen LogP contribution >= 0.6 is 7.82 Å². The van der Waals surface area contributed by atoms with Crippen LogP contribution in [0.3, 0.4) is 0 Å². The normalized spacial score (nSPS) is 14.5. The largest absolute Gasteiger partial charge is 0.756 e. The molecule has 0 spiro atoms. The van der Waals surface area contributed by atoms with Crippen LogP contribution < -0.4 is 4.89 Å². The van der Waals surface area contributed by atoms with E-state index in [1.165, 1.54) is 70.6 Å². The van der Waals surface area contributed by atoms with Gasteiger partial charge in [-0.1, -0.05) is 145 Å². The molecule has 0 aromatic rings. The minimum atomic E-state index is -4.56. The van der Waals surface area contributed by atoms with E-state index in [-0.39, 0.29) is 26.2 Å². The van der Waals surface area contributed by atoms with Gasteiger partial charge < -0.3 is 27.9 Å². The highest BCUT2D eigenvalue weighted by Gasteiger charge is 2.20. The molecule has 0 saturated carbocycles. The molecule has 0 aromatic heterocycles. The van der Waals surface area contributed by atoms with E-state index in [0.29, 0.717) is 17.4 Å². The number of nitrogens with zero attached hydrogens (tertiary/aromatic N) is 1. The van der Waals surface area contributed by atoms with Crippen molar-refractivity contribution >= 4 is 13.8 Å². The van der Waals surface area contributed by atoms with E-state index in [9.17, 15) is 14.3 Å². The van der Waals surface area contributed by atoms with Crippen LogP contribution in [0.25, 0.3) is 0 Å². The molecule has 0 aromatic carbocycles. The Balaban J connectivity index is 4.45. The van der Waals surface area contributed by atoms with Gasteiger partial charge in [0.2, 0.25) is 0 Å². The summed E-state index contributed by atoms with van der Waals surface area (Å²) in [6.07, 6.45) is 47.3. The van der Waals surface area contributed by atoms with Gasteiger partial charge in [-0.05, 0) is 63.9 Å². The molecular weight excluding hydrogens is 685 g/mol. The molecule has 53 heavy (non-hydrogen) atoms. The maximum absolute atomic E-state index is 12.6. The summed E-state index contributed by atoms with van der Waals surface area (Å²) in [6.45, 7) is 4.53. The fourth-order valence-electron chi connectivity index (χ4n) is 5.13. The smallest absolute Gasteiger partial charge is 0.306 e. The highest BCUT2D eigenvalue weighted by molar-refractivity contribution is 7.45. The number of esters is 1. The van der Waals surface area contributed by atoms with E-state index in [4.69, 9.17) is 18.5 Å². The van der Waals surface area contributed by atoms with Gasteiger partial charge in [0.1, 0.15) is 19.8 Å². The molecular formula is C44H78NO7P. The first-order valence-electron chi connectivity index (χ1n) is 20.7. The molecule has 0 saturated heterocycles. The Hall–Kier alpha value is -2.22. The van der Waals surface area contributed by atoms with Crippen LogP contribution in [-0.4, -0.2) is 64.1 Å². The summed E-state index contributed by atoms with van der Waals surface area (Å²) < 4.78 is 34.2. The van der Waals surface area contributed by atoms with Gasteiger partial charge in [0.25, 0.3) is 7.82 Å². The number of rotatable bonds is 37. The average Bonchev–Trinajstić information content (AvgIpc) is 3.11. The van der Waals surface area contributed by atoms with E-state index in [1.54, 1.807) is 6.26 Å². The van der Waals surface area contributed by atoms with Crippen LogP contribution in [0, 0.1) is 0 Å². The Labute approximate surface area is 325 Å². The Morgan fingerprint density at radius 2 is 1.11 bits per heavy atom. The molecule has 0 amide bonds. The number of phosphoric acid groups is 1. The molecule has 0 bridgehead atoms. The number of phosphoric ester groups is 1. The molecule has 0 fully saturated rings. The molecule has 9 heteroatoms. The molecule has 2 atom stereocenters. The summed E-state index contributed by atoms with van der Waals surface area (Å²) in [6, 6.07) is 0. The summed E-state index contributed by atoms with van der Waals surface area (Å²) in [5.41, 5.74) is 0. The molecule has 0 heterocycles. The Morgan fingerprint density at radius 1 is 0.623 bits per heavy atom. The van der Waals surface area contributed by atoms with E-state index >= 15 is 0 Å². The fraction of sp³-hybridized carbons (Fsp3) is 0.705. The summed E-state index contributed by atoms with van der Waals surface area (Å²) in [5, 5.41) is 0. The average molecular weight is 764 g/mol. The molecule has 0 aliphatic carbocycles. The molecule has 0 radical (unpaired) electrons. The Morgan fingerprint density at radius 3 is 1.64 bits per heavy atom. The lowest BCUT2D eigenvalue weighted by Gasteiger charge is -2.28. The minimum Gasteiger partial charge on any atom is -0.756 e. The van der Waals surface area contributed by atoms with Gasteiger partial charge in [-0.2, -0.15) is 0 Å². The van der Waals surface area contributed by atoms with Gasteiger partial charge in [-0.15, -0.1) is 0 Å². The van der Waals surface area contributed by atoms with Crippen molar-refractivity contribution < 1.29 is 37.3 Å². The van der Waals surface area contributed by atoms with Crippen LogP contribution in [-0.2, 0) is 27.9 Å². The monoisotopic (exact) mass is 764 g/mol. The number of unbranched alkanes of at least 4 members (excludes halogenated alkanes) is 13. The highest BCUT2D eigenvalue weighted by Crippen LogP contribution is 2.38. The molecule has 0 rings (SSSR count). The molecule has 306 valence electrons. The van der Waals surface area contributed by atoms with E-state index in [0.717, 1.165) is 51.4 Å². The number of carbonyl (C=O) groups excluding carboxylic acids is 1. The van der Waals surface area contributed by atoms with Crippen LogP contribution in [0.4, 0.5) is 0 Å². The number of hydrogen-bond donors (Lipinski definition) is 0. The van der Waals surface area contributed by atoms with Crippen molar-refractivity contribution in [1.29, 1.82) is 0 Å². The lowest BCUT2D eigenvalue weighted by Crippen LogP contribution is -2.37. The fourth-order valence-corrected chi connectivity index (χ4v) is 5.86. The lowest BCUT2D eigenvalue weighted by atomic mass is 10.0. The molecule has 0 aliphatic heterocycles. The third kappa shape index (κ3) is 40.8. The van der Waals surface area contributed by atoms with Gasteiger partial charge in [-0.3, -0.25) is 9.36 Å². The van der Waals surface area contributed by atoms with E-state index in [2.05, 4.69) is 74.6 Å². The first-order chi connectivity index (χ1) is 25.6. The second-order valence-electron chi connectivity index (χ2n) is 14.7. The molecule has 1 unspecified atom stereocenters. The van der Waals surface area contributed by atoms with Crippen molar-refractivity contribution in [2.75, 3.05) is 47.5 Å². The summed E-state index contributed by atoms with van der Waals surface area (Å²) in [4.78, 5) is 24.9. The predicted octanol–water partition coefficient (Wildman–Crippen LogP) is 11.6. The Kier molecular flexibility index (Phi) is 35.2. The van der Waals surface area contributed by atoms with E-state index < -0.39 is 19.9 Å².